The second-order valence-corrected chi connectivity index (χ2v) is 8.87. The van der Waals surface area contributed by atoms with Crippen LogP contribution in [-0.4, -0.2) is 0 Å². The molecule has 4 aromatic rings. The van der Waals surface area contributed by atoms with E-state index >= 15 is 0 Å². The molecule has 2 aliphatic rings. The summed E-state index contributed by atoms with van der Waals surface area (Å²) < 4.78 is 0. The lowest BCUT2D eigenvalue weighted by molar-refractivity contribution is 0.766. The quantitative estimate of drug-likeness (QED) is 0.240. The molecule has 0 fully saturated rings. The second-order valence-electron chi connectivity index (χ2n) is 8.87. The maximum Gasteiger partial charge on any atom is 0.0713 e. The van der Waals surface area contributed by atoms with Crippen LogP contribution >= 0.6 is 0 Å². The minimum absolute atomic E-state index is 0.254. The summed E-state index contributed by atoms with van der Waals surface area (Å²) in [5, 5.41) is 0. The highest BCUT2D eigenvalue weighted by molar-refractivity contribution is 5.88. The molecule has 6 rings (SSSR count). The smallest absolute Gasteiger partial charge is 0.0683 e. The Bertz CT molecular complexity index is 1230. The molecule has 0 amide bonds. The van der Waals surface area contributed by atoms with Crippen LogP contribution < -0.4 is 0 Å². The van der Waals surface area contributed by atoms with Gasteiger partial charge < -0.3 is 0 Å². The van der Waals surface area contributed by atoms with Gasteiger partial charge in [-0.3, -0.25) is 0 Å². The van der Waals surface area contributed by atoms with Crippen LogP contribution in [0.3, 0.4) is 0 Å². The monoisotopic (exact) mass is 462 g/mol. The van der Waals surface area contributed by atoms with Gasteiger partial charge in [-0.2, -0.15) is 0 Å². The molecule has 0 atom stereocenters. The van der Waals surface area contributed by atoms with Gasteiger partial charge in [0, 0.05) is 0 Å². The third-order valence-electron chi connectivity index (χ3n) is 6.84. The first-order chi connectivity index (χ1) is 17.1. The molecule has 0 heterocycles. The van der Waals surface area contributed by atoms with E-state index in [1.807, 2.05) is 41.5 Å². The summed E-state index contributed by atoms with van der Waals surface area (Å²) in [6.45, 7) is 18.5. The molecule has 4 aromatic carbocycles. The minimum atomic E-state index is -0.254. The van der Waals surface area contributed by atoms with Crippen molar-refractivity contribution in [2.45, 2.75) is 74.1 Å². The fraction of sp³-hybridized carbons (Fsp3) is 0.314. The van der Waals surface area contributed by atoms with E-state index in [-0.39, 0.29) is 5.41 Å². The SMILES string of the molecule is CC.CC.CC.Cc1ccc(C2(c3ccc(C)cc3)c3cc(C)ccc3-c3cc4c(cc32)C4)cc1. The molecule has 35 heavy (non-hydrogen) atoms. The van der Waals surface area contributed by atoms with Crippen molar-refractivity contribution in [3.8, 4) is 11.1 Å². The van der Waals surface area contributed by atoms with E-state index in [1.165, 1.54) is 61.2 Å². The molecular formula is C35H42. The van der Waals surface area contributed by atoms with E-state index in [4.69, 9.17) is 0 Å². The van der Waals surface area contributed by atoms with E-state index < -0.39 is 0 Å². The summed E-state index contributed by atoms with van der Waals surface area (Å²) in [7, 11) is 0. The molecule has 2 aliphatic carbocycles. The van der Waals surface area contributed by atoms with Gasteiger partial charge in [-0.25, -0.2) is 0 Å². The minimum Gasteiger partial charge on any atom is -0.0683 e. The van der Waals surface area contributed by atoms with Crippen LogP contribution in [-0.2, 0) is 11.8 Å². The highest BCUT2D eigenvalue weighted by atomic mass is 14.5. The topological polar surface area (TPSA) is 0 Å². The molecule has 0 heteroatoms. The molecule has 0 aliphatic heterocycles. The van der Waals surface area contributed by atoms with Gasteiger partial charge >= 0.3 is 0 Å². The highest BCUT2D eigenvalue weighted by Crippen LogP contribution is 2.58. The van der Waals surface area contributed by atoms with Crippen LogP contribution in [0, 0.1) is 20.8 Å². The van der Waals surface area contributed by atoms with Gasteiger partial charge in [0.1, 0.15) is 0 Å². The Hall–Kier alpha value is -3.12. The lowest BCUT2D eigenvalue weighted by atomic mass is 9.67. The van der Waals surface area contributed by atoms with Crippen molar-refractivity contribution in [1.82, 2.24) is 0 Å². The number of benzene rings is 4. The molecule has 0 bridgehead atoms. The molecule has 0 spiro atoms. The van der Waals surface area contributed by atoms with Crippen LogP contribution in [0.4, 0.5) is 0 Å². The zero-order valence-corrected chi connectivity index (χ0v) is 23.2. The molecular weight excluding hydrogens is 420 g/mol. The molecule has 0 unspecified atom stereocenters. The Morgan fingerprint density at radius 3 is 1.40 bits per heavy atom. The first-order valence-corrected chi connectivity index (χ1v) is 13.5. The predicted octanol–water partition coefficient (Wildman–Crippen LogP) is 9.96. The van der Waals surface area contributed by atoms with Crippen molar-refractivity contribution in [1.29, 1.82) is 0 Å². The second kappa shape index (κ2) is 11.1. The highest BCUT2D eigenvalue weighted by Gasteiger charge is 2.47. The van der Waals surface area contributed by atoms with Crippen molar-refractivity contribution < 1.29 is 0 Å². The maximum atomic E-state index is 2.49. The van der Waals surface area contributed by atoms with Gasteiger partial charge in [0.25, 0.3) is 0 Å². The lowest BCUT2D eigenvalue weighted by Gasteiger charge is -2.34. The first kappa shape index (κ1) is 26.5. The summed E-state index contributed by atoms with van der Waals surface area (Å²) in [5.41, 5.74) is 15.1. The van der Waals surface area contributed by atoms with Gasteiger partial charge in [0.2, 0.25) is 0 Å². The predicted molar refractivity (Wildman–Crippen MR) is 155 cm³/mol. The van der Waals surface area contributed by atoms with Crippen molar-refractivity contribution in [2.24, 2.45) is 0 Å². The number of hydrogen-bond donors (Lipinski definition) is 0. The molecule has 0 saturated carbocycles. The molecule has 0 nitrogen and oxygen atoms in total. The summed E-state index contributed by atoms with van der Waals surface area (Å²) >= 11 is 0. The van der Waals surface area contributed by atoms with Gasteiger partial charge in [0.05, 0.1) is 5.41 Å². The molecule has 0 N–H and O–H groups in total. The largest absolute Gasteiger partial charge is 0.0713 e. The van der Waals surface area contributed by atoms with E-state index in [1.54, 1.807) is 0 Å². The Balaban J connectivity index is 0.000000533. The summed E-state index contributed by atoms with van der Waals surface area (Å²) in [6, 6.07) is 30.3. The molecule has 182 valence electrons. The van der Waals surface area contributed by atoms with Crippen LogP contribution in [0.1, 0.15) is 91.6 Å². The molecule has 0 aromatic heterocycles. The number of rotatable bonds is 2. The lowest BCUT2D eigenvalue weighted by Crippen LogP contribution is -2.28. The van der Waals surface area contributed by atoms with Crippen molar-refractivity contribution >= 4 is 0 Å². The standard InChI is InChI=1S/C29H24.3C2H6/c1-18-4-9-23(10-5-18)29(24-11-6-19(2)7-12-24)27-14-20(3)8-13-25(27)26-16-21-15-22(21)17-28(26)29;3*1-2/h4-14,16-17H,15H2,1-3H3;3*1-2H3. The van der Waals surface area contributed by atoms with Gasteiger partial charge in [-0.05, 0) is 71.7 Å². The van der Waals surface area contributed by atoms with Gasteiger partial charge in [-0.1, -0.05) is 137 Å². The van der Waals surface area contributed by atoms with Gasteiger partial charge in [0.15, 0.2) is 0 Å². The zero-order chi connectivity index (χ0) is 25.8. The third kappa shape index (κ3) is 4.47. The van der Waals surface area contributed by atoms with Crippen LogP contribution in [0.15, 0.2) is 78.9 Å². The van der Waals surface area contributed by atoms with Crippen molar-refractivity contribution in [3.63, 3.8) is 0 Å². The number of fused-ring (bicyclic) bond motifs is 4. The average molecular weight is 463 g/mol. The fourth-order valence-electron chi connectivity index (χ4n) is 5.23. The van der Waals surface area contributed by atoms with Gasteiger partial charge in [-0.15, -0.1) is 0 Å². The molecule has 0 saturated heterocycles. The average Bonchev–Trinajstić information content (AvgIpc) is 3.63. The fourth-order valence-corrected chi connectivity index (χ4v) is 5.23. The number of hydrogen-bond acceptors (Lipinski definition) is 0. The first-order valence-electron chi connectivity index (χ1n) is 13.5. The third-order valence-corrected chi connectivity index (χ3v) is 6.84. The maximum absolute atomic E-state index is 2.49. The van der Waals surface area contributed by atoms with E-state index in [9.17, 15) is 0 Å². The van der Waals surface area contributed by atoms with Crippen LogP contribution in [0.2, 0.25) is 0 Å². The van der Waals surface area contributed by atoms with Crippen LogP contribution in [0.25, 0.3) is 11.1 Å². The number of aryl methyl sites for hydroxylation is 3. The molecule has 0 radical (unpaired) electrons. The Morgan fingerprint density at radius 2 is 0.886 bits per heavy atom. The van der Waals surface area contributed by atoms with E-state index in [0.717, 1.165) is 6.42 Å². The Morgan fingerprint density at radius 1 is 0.457 bits per heavy atom. The summed E-state index contributed by atoms with van der Waals surface area (Å²) in [4.78, 5) is 0. The summed E-state index contributed by atoms with van der Waals surface area (Å²) in [5.74, 6) is 0. The zero-order valence-electron chi connectivity index (χ0n) is 23.2. The van der Waals surface area contributed by atoms with Crippen molar-refractivity contribution in [3.05, 3.63) is 129 Å². The normalized spacial score (nSPS) is 12.8. The summed E-state index contributed by atoms with van der Waals surface area (Å²) in [6.07, 6.45) is 1.14. The van der Waals surface area contributed by atoms with Crippen molar-refractivity contribution in [2.75, 3.05) is 0 Å². The van der Waals surface area contributed by atoms with E-state index in [0.29, 0.717) is 0 Å². The Kier molecular flexibility index (Phi) is 8.39. The van der Waals surface area contributed by atoms with E-state index in [2.05, 4.69) is 99.6 Å². The van der Waals surface area contributed by atoms with Crippen LogP contribution in [0.5, 0.6) is 0 Å². The Labute approximate surface area is 214 Å².